The van der Waals surface area contributed by atoms with Crippen LogP contribution >= 0.6 is 11.8 Å². The molecule has 1 aromatic carbocycles. The van der Waals surface area contributed by atoms with Gasteiger partial charge in [0.05, 0.1) is 6.54 Å². The van der Waals surface area contributed by atoms with Crippen LogP contribution in [0, 0.1) is 0 Å². The van der Waals surface area contributed by atoms with Crippen LogP contribution in [0.15, 0.2) is 24.3 Å². The van der Waals surface area contributed by atoms with E-state index in [9.17, 15) is 4.79 Å². The van der Waals surface area contributed by atoms with Crippen LogP contribution in [0.2, 0.25) is 0 Å². The highest BCUT2D eigenvalue weighted by Gasteiger charge is 2.46. The topological polar surface area (TPSA) is 55.6 Å². The van der Waals surface area contributed by atoms with Gasteiger partial charge in [-0.1, -0.05) is 12.1 Å². The zero-order valence-corrected chi connectivity index (χ0v) is 11.6. The fourth-order valence-corrected chi connectivity index (χ4v) is 3.83. The Bertz CT molecular complexity index is 469. The maximum Gasteiger partial charge on any atom is 0.415 e. The van der Waals surface area contributed by atoms with Gasteiger partial charge in [0.2, 0.25) is 0 Å². The van der Waals surface area contributed by atoms with Crippen molar-refractivity contribution < 1.29 is 9.53 Å². The van der Waals surface area contributed by atoms with Crippen molar-refractivity contribution in [2.75, 3.05) is 23.0 Å². The Hall–Kier alpha value is -1.20. The van der Waals surface area contributed by atoms with Crippen molar-refractivity contribution in [1.82, 2.24) is 0 Å². The van der Waals surface area contributed by atoms with E-state index in [1.807, 2.05) is 36.0 Å². The predicted octanol–water partition coefficient (Wildman–Crippen LogP) is 2.37. The zero-order valence-electron chi connectivity index (χ0n) is 10.8. The first kappa shape index (κ1) is 12.8. The lowest BCUT2D eigenvalue weighted by atomic mass is 10.00. The van der Waals surface area contributed by atoms with Gasteiger partial charge in [0.1, 0.15) is 5.60 Å². The van der Waals surface area contributed by atoms with E-state index in [1.54, 1.807) is 4.90 Å². The minimum atomic E-state index is -0.271. The molecule has 1 amide bonds. The average molecular weight is 278 g/mol. The van der Waals surface area contributed by atoms with Crippen molar-refractivity contribution in [1.29, 1.82) is 0 Å². The van der Waals surface area contributed by atoms with E-state index in [4.69, 9.17) is 10.5 Å². The highest BCUT2D eigenvalue weighted by molar-refractivity contribution is 7.99. The van der Waals surface area contributed by atoms with Gasteiger partial charge in [-0.2, -0.15) is 11.8 Å². The maximum atomic E-state index is 12.1. The molecule has 19 heavy (non-hydrogen) atoms. The van der Waals surface area contributed by atoms with E-state index in [2.05, 4.69) is 0 Å². The number of rotatable bonds is 2. The van der Waals surface area contributed by atoms with Crippen LogP contribution in [-0.4, -0.2) is 29.7 Å². The Morgan fingerprint density at radius 1 is 1.37 bits per heavy atom. The molecule has 5 heteroatoms. The molecule has 0 saturated carbocycles. The Morgan fingerprint density at radius 2 is 2.16 bits per heavy atom. The Kier molecular flexibility index (Phi) is 3.41. The van der Waals surface area contributed by atoms with Crippen molar-refractivity contribution in [3.05, 3.63) is 29.8 Å². The SMILES string of the molecule is NCc1ccc(N2CC3(CCCSC3)OC2=O)cc1. The molecule has 0 bridgehead atoms. The molecular weight excluding hydrogens is 260 g/mol. The second-order valence-corrected chi connectivity index (χ2v) is 6.27. The van der Waals surface area contributed by atoms with Crippen LogP contribution in [0.4, 0.5) is 10.5 Å². The number of benzene rings is 1. The lowest BCUT2D eigenvalue weighted by Gasteiger charge is -2.30. The van der Waals surface area contributed by atoms with Crippen LogP contribution in [0.5, 0.6) is 0 Å². The summed E-state index contributed by atoms with van der Waals surface area (Å²) in [6, 6.07) is 7.81. The summed E-state index contributed by atoms with van der Waals surface area (Å²) in [5.41, 5.74) is 7.28. The van der Waals surface area contributed by atoms with Crippen molar-refractivity contribution in [2.45, 2.75) is 25.0 Å². The number of thioether (sulfide) groups is 1. The fourth-order valence-electron chi connectivity index (χ4n) is 2.67. The lowest BCUT2D eigenvalue weighted by Crippen LogP contribution is -2.39. The normalized spacial score (nSPS) is 26.8. The molecule has 2 aliphatic heterocycles. The molecule has 1 aromatic rings. The molecular formula is C14H18N2O2S. The number of carbonyl (C=O) groups is 1. The van der Waals surface area contributed by atoms with Crippen molar-refractivity contribution in [2.24, 2.45) is 5.73 Å². The Balaban J connectivity index is 1.79. The smallest absolute Gasteiger partial charge is 0.415 e. The Labute approximate surface area is 117 Å². The maximum absolute atomic E-state index is 12.1. The summed E-state index contributed by atoms with van der Waals surface area (Å²) in [6.45, 7) is 1.19. The summed E-state index contributed by atoms with van der Waals surface area (Å²) in [7, 11) is 0. The molecule has 2 saturated heterocycles. The third-order valence-electron chi connectivity index (χ3n) is 3.74. The van der Waals surface area contributed by atoms with E-state index in [0.717, 1.165) is 29.8 Å². The zero-order chi connectivity index (χ0) is 13.3. The minimum Gasteiger partial charge on any atom is -0.440 e. The fraction of sp³-hybridized carbons (Fsp3) is 0.500. The first-order chi connectivity index (χ1) is 9.22. The first-order valence-corrected chi connectivity index (χ1v) is 7.75. The van der Waals surface area contributed by atoms with Gasteiger partial charge < -0.3 is 10.5 Å². The van der Waals surface area contributed by atoms with E-state index in [1.165, 1.54) is 5.75 Å². The molecule has 0 aromatic heterocycles. The lowest BCUT2D eigenvalue weighted by molar-refractivity contribution is 0.0664. The molecule has 1 atom stereocenters. The Morgan fingerprint density at radius 3 is 2.79 bits per heavy atom. The van der Waals surface area contributed by atoms with E-state index in [0.29, 0.717) is 13.1 Å². The number of anilines is 1. The average Bonchev–Trinajstić information content (AvgIpc) is 2.76. The molecule has 0 aliphatic carbocycles. The number of nitrogens with two attached hydrogens (primary N) is 1. The number of hydrogen-bond donors (Lipinski definition) is 1. The van der Waals surface area contributed by atoms with Crippen LogP contribution < -0.4 is 10.6 Å². The number of hydrogen-bond acceptors (Lipinski definition) is 4. The molecule has 0 radical (unpaired) electrons. The number of nitrogens with zero attached hydrogens (tertiary/aromatic N) is 1. The summed E-state index contributed by atoms with van der Waals surface area (Å²) in [4.78, 5) is 13.8. The van der Waals surface area contributed by atoms with Crippen molar-refractivity contribution in [3.63, 3.8) is 0 Å². The summed E-state index contributed by atoms with van der Waals surface area (Å²) in [5, 5.41) is 0. The first-order valence-electron chi connectivity index (χ1n) is 6.60. The van der Waals surface area contributed by atoms with Crippen LogP contribution in [0.1, 0.15) is 18.4 Å². The summed E-state index contributed by atoms with van der Waals surface area (Å²) in [5.74, 6) is 2.08. The quantitative estimate of drug-likeness (QED) is 0.902. The van der Waals surface area contributed by atoms with Gasteiger partial charge in [-0.15, -0.1) is 0 Å². The molecule has 2 N–H and O–H groups in total. The molecule has 2 heterocycles. The standard InChI is InChI=1S/C14H18N2O2S/c15-8-11-2-4-12(5-3-11)16-9-14(18-13(16)17)6-1-7-19-10-14/h2-5H,1,6-10,15H2. The molecule has 4 nitrogen and oxygen atoms in total. The van der Waals surface area contributed by atoms with Crippen LogP contribution in [-0.2, 0) is 11.3 Å². The molecule has 2 aliphatic rings. The van der Waals surface area contributed by atoms with E-state index < -0.39 is 0 Å². The van der Waals surface area contributed by atoms with Crippen LogP contribution in [0.25, 0.3) is 0 Å². The summed E-state index contributed by atoms with van der Waals surface area (Å²) >= 11 is 1.88. The number of ether oxygens (including phenoxy) is 1. The molecule has 1 spiro atoms. The highest BCUT2D eigenvalue weighted by atomic mass is 32.2. The van der Waals surface area contributed by atoms with Gasteiger partial charge in [0, 0.05) is 18.0 Å². The second-order valence-electron chi connectivity index (χ2n) is 5.16. The molecule has 102 valence electrons. The monoisotopic (exact) mass is 278 g/mol. The second kappa shape index (κ2) is 5.06. The molecule has 1 unspecified atom stereocenters. The van der Waals surface area contributed by atoms with Gasteiger partial charge in [0.25, 0.3) is 0 Å². The van der Waals surface area contributed by atoms with Gasteiger partial charge in [-0.3, -0.25) is 4.90 Å². The largest absolute Gasteiger partial charge is 0.440 e. The minimum absolute atomic E-state index is 0.219. The van der Waals surface area contributed by atoms with E-state index in [-0.39, 0.29) is 11.7 Å². The van der Waals surface area contributed by atoms with E-state index >= 15 is 0 Å². The van der Waals surface area contributed by atoms with Gasteiger partial charge >= 0.3 is 6.09 Å². The van der Waals surface area contributed by atoms with Crippen LogP contribution in [0.3, 0.4) is 0 Å². The van der Waals surface area contributed by atoms with Crippen molar-refractivity contribution >= 4 is 23.5 Å². The third-order valence-corrected chi connectivity index (χ3v) is 5.05. The van der Waals surface area contributed by atoms with Gasteiger partial charge in [-0.25, -0.2) is 4.79 Å². The van der Waals surface area contributed by atoms with Gasteiger partial charge in [0.15, 0.2) is 0 Å². The number of amides is 1. The summed E-state index contributed by atoms with van der Waals surface area (Å²) in [6.07, 6.45) is 1.88. The third kappa shape index (κ3) is 2.44. The number of carbonyl (C=O) groups excluding carboxylic acids is 1. The molecule has 2 fully saturated rings. The van der Waals surface area contributed by atoms with Crippen molar-refractivity contribution in [3.8, 4) is 0 Å². The summed E-state index contributed by atoms with van der Waals surface area (Å²) < 4.78 is 5.65. The van der Waals surface area contributed by atoms with Gasteiger partial charge in [-0.05, 0) is 36.3 Å². The highest BCUT2D eigenvalue weighted by Crippen LogP contribution is 2.37. The molecule has 3 rings (SSSR count). The predicted molar refractivity (Wildman–Crippen MR) is 77.5 cm³/mol.